The Balaban J connectivity index is 1.33. The van der Waals surface area contributed by atoms with Crippen molar-refractivity contribution in [3.63, 3.8) is 0 Å². The van der Waals surface area contributed by atoms with Crippen molar-refractivity contribution in [2.24, 2.45) is 0 Å². The maximum absolute atomic E-state index is 12.6. The number of carbonyl (C=O) groups excluding carboxylic acids is 1. The van der Waals surface area contributed by atoms with Crippen molar-refractivity contribution in [1.29, 1.82) is 0 Å². The number of hydrogen-bond acceptors (Lipinski definition) is 5. The van der Waals surface area contributed by atoms with Gasteiger partial charge in [-0.25, -0.2) is 0 Å². The Kier molecular flexibility index (Phi) is 7.55. The van der Waals surface area contributed by atoms with Crippen LogP contribution in [-0.4, -0.2) is 48.6 Å². The zero-order chi connectivity index (χ0) is 23.4. The number of rotatable bonds is 5. The summed E-state index contributed by atoms with van der Waals surface area (Å²) in [6.45, 7) is 7.46. The van der Waals surface area contributed by atoms with Crippen LogP contribution < -0.4 is 15.5 Å². The molecular formula is C24H24Cl2N4O2S. The van der Waals surface area contributed by atoms with Crippen molar-refractivity contribution in [3.05, 3.63) is 70.4 Å². The number of thiocarbonyl (C=S) groups is 1. The number of likely N-dealkylation sites (N-methyl/N-ethyl adjacent to an activating group) is 1. The highest BCUT2D eigenvalue weighted by Crippen LogP contribution is 2.34. The molecular weight excluding hydrogens is 479 g/mol. The van der Waals surface area contributed by atoms with Crippen molar-refractivity contribution in [2.75, 3.05) is 42.9 Å². The van der Waals surface area contributed by atoms with E-state index < -0.39 is 5.91 Å². The maximum atomic E-state index is 12.6. The first-order valence-corrected chi connectivity index (χ1v) is 11.8. The average molecular weight is 503 g/mol. The molecule has 172 valence electrons. The number of halogens is 2. The summed E-state index contributed by atoms with van der Waals surface area (Å²) >= 11 is 17.6. The van der Waals surface area contributed by atoms with Crippen LogP contribution in [0.25, 0.3) is 11.3 Å². The van der Waals surface area contributed by atoms with E-state index in [-0.39, 0.29) is 10.9 Å². The van der Waals surface area contributed by atoms with Gasteiger partial charge in [-0.15, -0.1) is 0 Å². The summed E-state index contributed by atoms with van der Waals surface area (Å²) in [5.41, 5.74) is 2.58. The number of anilines is 2. The lowest BCUT2D eigenvalue weighted by atomic mass is 10.2. The lowest BCUT2D eigenvalue weighted by Gasteiger charge is -2.35. The molecule has 1 aliphatic rings. The van der Waals surface area contributed by atoms with Gasteiger partial charge in [0, 0.05) is 43.1 Å². The SMILES string of the molecule is CCN1CCN(c2ccc(NC(=S)NC(=O)c3ccc(-c4cccc(Cl)c4Cl)o3)cc2)CC1. The second-order valence-electron chi connectivity index (χ2n) is 7.64. The average Bonchev–Trinajstić information content (AvgIpc) is 3.32. The van der Waals surface area contributed by atoms with Gasteiger partial charge in [-0.3, -0.25) is 10.1 Å². The van der Waals surface area contributed by atoms with Crippen LogP contribution in [0, 0.1) is 0 Å². The van der Waals surface area contributed by atoms with Crippen LogP contribution in [0.1, 0.15) is 17.5 Å². The predicted molar refractivity (Wildman–Crippen MR) is 139 cm³/mol. The van der Waals surface area contributed by atoms with E-state index in [1.54, 1.807) is 30.3 Å². The molecule has 33 heavy (non-hydrogen) atoms. The second kappa shape index (κ2) is 10.6. The van der Waals surface area contributed by atoms with Gasteiger partial charge in [-0.1, -0.05) is 36.2 Å². The molecule has 0 bridgehead atoms. The number of piperazine rings is 1. The fourth-order valence-electron chi connectivity index (χ4n) is 3.70. The highest BCUT2D eigenvalue weighted by Gasteiger charge is 2.17. The van der Waals surface area contributed by atoms with E-state index in [2.05, 4.69) is 39.5 Å². The molecule has 4 rings (SSSR count). The molecule has 1 saturated heterocycles. The number of carbonyl (C=O) groups is 1. The molecule has 9 heteroatoms. The van der Waals surface area contributed by atoms with Crippen molar-refractivity contribution >= 4 is 57.8 Å². The summed E-state index contributed by atoms with van der Waals surface area (Å²) in [6, 6.07) is 16.5. The minimum atomic E-state index is -0.456. The van der Waals surface area contributed by atoms with Gasteiger partial charge < -0.3 is 19.5 Å². The van der Waals surface area contributed by atoms with Gasteiger partial charge in [0.15, 0.2) is 10.9 Å². The van der Waals surface area contributed by atoms with E-state index in [0.717, 1.165) is 38.4 Å². The Labute approximate surface area is 208 Å². The largest absolute Gasteiger partial charge is 0.451 e. The Morgan fingerprint density at radius 2 is 1.76 bits per heavy atom. The summed E-state index contributed by atoms with van der Waals surface area (Å²) in [6.07, 6.45) is 0. The van der Waals surface area contributed by atoms with Crippen LogP contribution in [0.2, 0.25) is 10.0 Å². The minimum Gasteiger partial charge on any atom is -0.451 e. The van der Waals surface area contributed by atoms with Gasteiger partial charge in [-0.05, 0) is 67.3 Å². The standard InChI is InChI=1S/C24H24Cl2N4O2S/c1-2-29-12-14-30(15-13-29)17-8-6-16(7-9-17)27-24(33)28-23(31)21-11-10-20(32-21)18-4-3-5-19(25)22(18)26/h3-11H,2,12-15H2,1H3,(H2,27,28,31,33). The fourth-order valence-corrected chi connectivity index (χ4v) is 4.31. The Bertz CT molecular complexity index is 1140. The number of nitrogens with zero attached hydrogens (tertiary/aromatic N) is 2. The first kappa shape index (κ1) is 23.6. The molecule has 1 aromatic heterocycles. The lowest BCUT2D eigenvalue weighted by molar-refractivity contribution is 0.0951. The topological polar surface area (TPSA) is 60.8 Å². The third-order valence-electron chi connectivity index (χ3n) is 5.58. The minimum absolute atomic E-state index is 0.117. The van der Waals surface area contributed by atoms with Gasteiger partial charge >= 0.3 is 0 Å². The van der Waals surface area contributed by atoms with Gasteiger partial charge in [0.25, 0.3) is 5.91 Å². The molecule has 0 aliphatic carbocycles. The number of furan rings is 1. The van der Waals surface area contributed by atoms with Gasteiger partial charge in [0.2, 0.25) is 0 Å². The second-order valence-corrected chi connectivity index (χ2v) is 8.84. The van der Waals surface area contributed by atoms with E-state index >= 15 is 0 Å². The first-order valence-electron chi connectivity index (χ1n) is 10.7. The molecule has 2 N–H and O–H groups in total. The predicted octanol–water partition coefficient (Wildman–Crippen LogP) is 5.52. The third kappa shape index (κ3) is 5.68. The van der Waals surface area contributed by atoms with Crippen LogP contribution in [0.15, 0.2) is 59.0 Å². The summed E-state index contributed by atoms with van der Waals surface area (Å²) < 4.78 is 5.67. The van der Waals surface area contributed by atoms with Gasteiger partial charge in [0.05, 0.1) is 10.0 Å². The summed E-state index contributed by atoms with van der Waals surface area (Å²) in [7, 11) is 0. The van der Waals surface area contributed by atoms with Crippen LogP contribution in [0.4, 0.5) is 11.4 Å². The highest BCUT2D eigenvalue weighted by molar-refractivity contribution is 7.80. The van der Waals surface area contributed by atoms with Crippen molar-refractivity contribution in [3.8, 4) is 11.3 Å². The van der Waals surface area contributed by atoms with E-state index in [9.17, 15) is 4.79 Å². The van der Waals surface area contributed by atoms with Gasteiger partial charge in [0.1, 0.15) is 5.76 Å². The highest BCUT2D eigenvalue weighted by atomic mass is 35.5. The summed E-state index contributed by atoms with van der Waals surface area (Å²) in [5, 5.41) is 6.64. The molecule has 0 saturated carbocycles. The van der Waals surface area contributed by atoms with E-state index in [1.165, 1.54) is 5.69 Å². The lowest BCUT2D eigenvalue weighted by Crippen LogP contribution is -2.46. The van der Waals surface area contributed by atoms with E-state index in [1.807, 2.05) is 12.1 Å². The molecule has 0 atom stereocenters. The number of benzene rings is 2. The summed E-state index contributed by atoms with van der Waals surface area (Å²) in [5.74, 6) is 0.107. The molecule has 1 fully saturated rings. The third-order valence-corrected chi connectivity index (χ3v) is 6.61. The van der Waals surface area contributed by atoms with E-state index in [4.69, 9.17) is 39.8 Å². The van der Waals surface area contributed by atoms with E-state index in [0.29, 0.717) is 21.4 Å². The first-order chi connectivity index (χ1) is 15.9. The Morgan fingerprint density at radius 3 is 2.45 bits per heavy atom. The maximum Gasteiger partial charge on any atom is 0.293 e. The van der Waals surface area contributed by atoms with Crippen LogP contribution in [0.5, 0.6) is 0 Å². The molecule has 2 heterocycles. The van der Waals surface area contributed by atoms with Crippen molar-refractivity contribution < 1.29 is 9.21 Å². The molecule has 2 aromatic carbocycles. The van der Waals surface area contributed by atoms with Crippen LogP contribution in [0.3, 0.4) is 0 Å². The zero-order valence-electron chi connectivity index (χ0n) is 18.1. The molecule has 1 aliphatic heterocycles. The van der Waals surface area contributed by atoms with Crippen molar-refractivity contribution in [1.82, 2.24) is 10.2 Å². The fraction of sp³-hybridized carbons (Fsp3) is 0.250. The smallest absolute Gasteiger partial charge is 0.293 e. The molecule has 0 radical (unpaired) electrons. The number of hydrogen-bond donors (Lipinski definition) is 2. The van der Waals surface area contributed by atoms with Crippen molar-refractivity contribution in [2.45, 2.75) is 6.92 Å². The number of amides is 1. The van der Waals surface area contributed by atoms with Gasteiger partial charge in [-0.2, -0.15) is 0 Å². The normalized spacial score (nSPS) is 14.2. The molecule has 0 unspecified atom stereocenters. The Hall–Kier alpha value is -2.58. The van der Waals surface area contributed by atoms with Crippen LogP contribution >= 0.6 is 35.4 Å². The Morgan fingerprint density at radius 1 is 1.03 bits per heavy atom. The quantitative estimate of drug-likeness (QED) is 0.447. The molecule has 1 amide bonds. The van der Waals surface area contributed by atoms with Crippen LogP contribution in [-0.2, 0) is 0 Å². The molecule has 3 aromatic rings. The monoisotopic (exact) mass is 502 g/mol. The summed E-state index contributed by atoms with van der Waals surface area (Å²) in [4.78, 5) is 17.4. The molecule has 6 nitrogen and oxygen atoms in total. The molecule has 0 spiro atoms. The zero-order valence-corrected chi connectivity index (χ0v) is 20.4. The number of nitrogens with one attached hydrogen (secondary N) is 2.